The molecule has 0 bridgehead atoms. The minimum absolute atomic E-state index is 0.161. The first-order valence-corrected chi connectivity index (χ1v) is 23.4. The van der Waals surface area contributed by atoms with Crippen molar-refractivity contribution in [2.24, 2.45) is 0 Å². The van der Waals surface area contributed by atoms with E-state index in [0.29, 0.717) is 16.5 Å². The number of fused-ring (bicyclic) bond motifs is 6. The van der Waals surface area contributed by atoms with E-state index in [1.54, 1.807) is 0 Å². The van der Waals surface area contributed by atoms with Crippen molar-refractivity contribution < 1.29 is 4.42 Å². The fourth-order valence-corrected chi connectivity index (χ4v) is 10.8. The third-order valence-corrected chi connectivity index (χ3v) is 14.9. The fraction of sp³-hybridized carbons (Fsp3) is 0.382. The normalized spacial score (nSPS) is 16.2. The molecule has 1 aliphatic carbocycles. The van der Waals surface area contributed by atoms with E-state index >= 15 is 0 Å². The second-order valence-electron chi connectivity index (χ2n) is 23.8. The lowest BCUT2D eigenvalue weighted by Gasteiger charge is -2.45. The summed E-state index contributed by atoms with van der Waals surface area (Å²) in [6.07, 6.45) is 1.99. The lowest BCUT2D eigenvalue weighted by atomic mass is 9.35. The molecule has 0 spiro atoms. The van der Waals surface area contributed by atoms with Crippen molar-refractivity contribution in [2.75, 3.05) is 9.80 Å². The van der Waals surface area contributed by atoms with Crippen molar-refractivity contribution in [2.45, 2.75) is 137 Å². The van der Waals surface area contributed by atoms with Gasteiger partial charge in [-0.2, -0.15) is 0 Å². The Kier molecular flexibility index (Phi) is 10.6. The molecular formula is C55H56B8N2O. The summed E-state index contributed by atoms with van der Waals surface area (Å²) < 4.78 is 7.59. The number of aryl methyl sites for hydroxylation is 1. The van der Waals surface area contributed by atoms with Crippen LogP contribution < -0.4 is 64.6 Å². The summed E-state index contributed by atoms with van der Waals surface area (Å²) in [6, 6.07) is 22.2. The molecule has 5 aromatic carbocycles. The molecule has 0 amide bonds. The van der Waals surface area contributed by atoms with E-state index < -0.39 is 0 Å². The van der Waals surface area contributed by atoms with E-state index in [9.17, 15) is 0 Å². The molecular weight excluding hydrogens is 791 g/mol. The maximum atomic E-state index is 7.59. The van der Waals surface area contributed by atoms with Gasteiger partial charge in [-0.15, -0.1) is 16.4 Å². The van der Waals surface area contributed by atoms with Gasteiger partial charge in [-0.3, -0.25) is 0 Å². The zero-order chi connectivity index (χ0) is 48.3. The minimum Gasteiger partial charge on any atom is -0.472 e. The number of nitrogens with zero attached hydrogens (tertiary/aromatic N) is 2. The smallest absolute Gasteiger partial charge is 0.297 e. The summed E-state index contributed by atoms with van der Waals surface area (Å²) in [5, 5.41) is 0. The van der Waals surface area contributed by atoms with Gasteiger partial charge in [0.15, 0.2) is 0 Å². The zero-order valence-electron chi connectivity index (χ0n) is 41.6. The maximum Gasteiger partial charge on any atom is 0.297 e. The molecule has 11 heteroatoms. The number of rotatable bonds is 3. The first-order valence-electron chi connectivity index (χ1n) is 23.4. The Morgan fingerprint density at radius 3 is 1.56 bits per heavy atom. The third kappa shape index (κ3) is 7.00. The van der Waals surface area contributed by atoms with E-state index in [-0.39, 0.29) is 61.1 Å². The SMILES string of the molecule is [B]c1cc(C(C)(C)C)cc([B])c1N1c2cc(C)cc3c2B(c2cc(C(C)(C)C)ccc2N3c2ccc(C(C)(C)C)cc2-c2c([B])c([B])c([B])c([B])c2[B])c2oc3c(c21)C(C)(C)CCC3(C)C. The number of benzene rings is 5. The van der Waals surface area contributed by atoms with Crippen LogP contribution in [-0.2, 0) is 27.1 Å². The zero-order valence-corrected chi connectivity index (χ0v) is 41.6. The van der Waals surface area contributed by atoms with Gasteiger partial charge in [-0.1, -0.05) is 142 Å². The lowest BCUT2D eigenvalue weighted by Crippen LogP contribution is -2.62. The molecule has 0 saturated carbocycles. The molecule has 2 aliphatic heterocycles. The van der Waals surface area contributed by atoms with E-state index in [0.717, 1.165) is 91.6 Å². The summed E-state index contributed by atoms with van der Waals surface area (Å²) in [5.41, 5.74) is 17.0. The van der Waals surface area contributed by atoms with Crippen LogP contribution in [0.1, 0.15) is 136 Å². The van der Waals surface area contributed by atoms with E-state index in [2.05, 4.69) is 167 Å². The van der Waals surface area contributed by atoms with E-state index in [1.165, 1.54) is 11.1 Å². The van der Waals surface area contributed by atoms with Gasteiger partial charge in [-0.05, 0) is 111 Å². The third-order valence-electron chi connectivity index (χ3n) is 14.9. The largest absolute Gasteiger partial charge is 0.472 e. The monoisotopic (exact) mass is 849 g/mol. The average Bonchev–Trinajstić information content (AvgIpc) is 3.63. The van der Waals surface area contributed by atoms with Crippen LogP contribution in [0.2, 0.25) is 0 Å². The summed E-state index contributed by atoms with van der Waals surface area (Å²) in [6.45, 7) is 31.1. The van der Waals surface area contributed by atoms with Crippen LogP contribution in [0.15, 0.2) is 65.1 Å². The van der Waals surface area contributed by atoms with Gasteiger partial charge in [0.05, 0.1) is 17.0 Å². The highest BCUT2D eigenvalue weighted by Crippen LogP contribution is 2.55. The van der Waals surface area contributed by atoms with Crippen molar-refractivity contribution in [3.8, 4) is 11.1 Å². The predicted molar refractivity (Wildman–Crippen MR) is 292 cm³/mol. The highest BCUT2D eigenvalue weighted by molar-refractivity contribution is 6.99. The first-order chi connectivity index (χ1) is 30.5. The Bertz CT molecular complexity index is 3000. The second-order valence-corrected chi connectivity index (χ2v) is 23.8. The van der Waals surface area contributed by atoms with Crippen LogP contribution in [0.25, 0.3) is 11.1 Å². The molecule has 1 aromatic heterocycles. The van der Waals surface area contributed by atoms with E-state index in [4.69, 9.17) is 59.3 Å². The van der Waals surface area contributed by atoms with Crippen molar-refractivity contribution in [3.05, 3.63) is 94.2 Å². The molecule has 3 heterocycles. The van der Waals surface area contributed by atoms with Gasteiger partial charge < -0.3 is 14.2 Å². The Hall–Kier alpha value is -4.50. The second kappa shape index (κ2) is 15.0. The van der Waals surface area contributed by atoms with Crippen molar-refractivity contribution in [1.82, 2.24) is 0 Å². The number of hydrogen-bond donors (Lipinski definition) is 0. The predicted octanol–water partition coefficient (Wildman–Crippen LogP) is 5.14. The molecule has 3 nitrogen and oxygen atoms in total. The first kappa shape index (κ1) is 46.6. The van der Waals surface area contributed by atoms with E-state index in [1.807, 2.05) is 0 Å². The standard InChI is InChI=1S/C55H56B8N2O/c1-27-21-37-46-38(22-27)65(47-32(56)24-30(25-33(47)57)53(8,9)10)48-40-49(55(13,14)20-19-54(40,11)12)66-50(48)63(46)34-26-29(52(5,6)7)16-18-36(34)64(37)35-17-15-28(51(2,3)4)23-31(35)39-41(58)43(60)45(62)44(61)42(39)59/h15-18,21-26H,19-20H2,1-14H3. The van der Waals surface area contributed by atoms with Gasteiger partial charge in [0.25, 0.3) is 6.71 Å². The number of hydrogen-bond acceptors (Lipinski definition) is 3. The summed E-state index contributed by atoms with van der Waals surface area (Å²) >= 11 is 0. The van der Waals surface area contributed by atoms with Gasteiger partial charge in [0.2, 0.25) is 0 Å². The fourth-order valence-electron chi connectivity index (χ4n) is 10.8. The Labute approximate surface area is 405 Å². The van der Waals surface area contributed by atoms with Gasteiger partial charge in [0, 0.05) is 39.3 Å². The highest BCUT2D eigenvalue weighted by atomic mass is 16.3. The van der Waals surface area contributed by atoms with Gasteiger partial charge >= 0.3 is 0 Å². The summed E-state index contributed by atoms with van der Waals surface area (Å²) in [7, 11) is 48.4. The van der Waals surface area contributed by atoms with Gasteiger partial charge in [-0.25, -0.2) is 0 Å². The maximum absolute atomic E-state index is 7.59. The number of furan rings is 1. The molecule has 6 aromatic rings. The van der Waals surface area contributed by atoms with Crippen molar-refractivity contribution in [3.63, 3.8) is 0 Å². The molecule has 3 aliphatic rings. The highest BCUT2D eigenvalue weighted by Gasteiger charge is 2.53. The van der Waals surface area contributed by atoms with Crippen LogP contribution in [0.4, 0.5) is 34.1 Å². The van der Waals surface area contributed by atoms with Crippen LogP contribution >= 0.6 is 0 Å². The molecule has 316 valence electrons. The molecule has 9 rings (SSSR count). The Balaban J connectivity index is 1.47. The molecule has 0 N–H and O–H groups in total. The molecule has 0 atom stereocenters. The van der Waals surface area contributed by atoms with Crippen LogP contribution in [0, 0.1) is 6.92 Å². The topological polar surface area (TPSA) is 19.6 Å². The van der Waals surface area contributed by atoms with Gasteiger partial charge in [0.1, 0.15) is 60.7 Å². The summed E-state index contributed by atoms with van der Waals surface area (Å²) in [4.78, 5) is 4.71. The minimum atomic E-state index is -0.292. The number of anilines is 6. The Morgan fingerprint density at radius 1 is 0.530 bits per heavy atom. The van der Waals surface area contributed by atoms with Crippen molar-refractivity contribution >= 4 is 151 Å². The van der Waals surface area contributed by atoms with Crippen molar-refractivity contribution in [1.29, 1.82) is 0 Å². The molecule has 66 heavy (non-hydrogen) atoms. The van der Waals surface area contributed by atoms with Crippen LogP contribution in [0.5, 0.6) is 0 Å². The molecule has 14 radical (unpaired) electrons. The Morgan fingerprint density at radius 2 is 1.02 bits per heavy atom. The lowest BCUT2D eigenvalue weighted by molar-refractivity contribution is 0.282. The molecule has 0 fully saturated rings. The quantitative estimate of drug-likeness (QED) is 0.230. The average molecular weight is 848 g/mol. The van der Waals surface area contributed by atoms with Crippen LogP contribution in [0.3, 0.4) is 0 Å². The summed E-state index contributed by atoms with van der Waals surface area (Å²) in [5.74, 6) is 1.02. The molecule has 0 saturated heterocycles. The molecule has 0 unspecified atom stereocenters. The van der Waals surface area contributed by atoms with Crippen LogP contribution in [-0.4, -0.2) is 61.6 Å².